The van der Waals surface area contributed by atoms with E-state index in [2.05, 4.69) is 5.32 Å². The summed E-state index contributed by atoms with van der Waals surface area (Å²) in [5.74, 6) is -1.49. The summed E-state index contributed by atoms with van der Waals surface area (Å²) < 4.78 is 0. The van der Waals surface area contributed by atoms with Crippen LogP contribution in [0.4, 0.5) is 5.69 Å². The predicted molar refractivity (Wildman–Crippen MR) is 70.4 cm³/mol. The van der Waals surface area contributed by atoms with Gasteiger partial charge in [-0.15, -0.1) is 0 Å². The highest BCUT2D eigenvalue weighted by Crippen LogP contribution is 2.29. The molecule has 8 heteroatoms. The number of phenols is 1. The van der Waals surface area contributed by atoms with E-state index in [0.717, 1.165) is 6.07 Å². The van der Waals surface area contributed by atoms with Crippen molar-refractivity contribution < 1.29 is 19.6 Å². The molecule has 1 aromatic carbocycles. The van der Waals surface area contributed by atoms with E-state index in [9.17, 15) is 24.8 Å². The Bertz CT molecular complexity index is 544. The molecular formula is C12H15N3O5. The fourth-order valence-corrected chi connectivity index (χ4v) is 1.55. The number of carbonyl (C=O) groups excluding carboxylic acids is 2. The number of hydrogen-bond acceptors (Lipinski definition) is 5. The molecule has 0 fully saturated rings. The second kappa shape index (κ2) is 6.50. The third-order valence-corrected chi connectivity index (χ3v) is 2.74. The highest BCUT2D eigenvalue weighted by molar-refractivity contribution is 5.98. The van der Waals surface area contributed by atoms with Gasteiger partial charge in [0.15, 0.2) is 0 Å². The Morgan fingerprint density at radius 1 is 1.45 bits per heavy atom. The van der Waals surface area contributed by atoms with Crippen molar-refractivity contribution >= 4 is 17.5 Å². The number of phenolic OH excluding ortho intramolecular Hbond substituents is 1. The lowest BCUT2D eigenvalue weighted by molar-refractivity contribution is -0.385. The summed E-state index contributed by atoms with van der Waals surface area (Å²) in [6.45, 7) is 0.140. The number of para-hydroxylation sites is 1. The summed E-state index contributed by atoms with van der Waals surface area (Å²) >= 11 is 0. The van der Waals surface area contributed by atoms with Gasteiger partial charge in [-0.1, -0.05) is 6.07 Å². The molecule has 8 nitrogen and oxygen atoms in total. The zero-order chi connectivity index (χ0) is 15.3. The number of hydrogen-bond donors (Lipinski definition) is 2. The summed E-state index contributed by atoms with van der Waals surface area (Å²) in [5, 5.41) is 22.8. The van der Waals surface area contributed by atoms with E-state index in [4.69, 9.17) is 0 Å². The number of nitro benzene ring substituents is 1. The molecule has 0 unspecified atom stereocenters. The molecule has 0 spiro atoms. The molecule has 20 heavy (non-hydrogen) atoms. The first kappa shape index (κ1) is 15.4. The van der Waals surface area contributed by atoms with Gasteiger partial charge in [0.25, 0.3) is 5.91 Å². The Kier molecular flexibility index (Phi) is 5.01. The second-order valence-corrected chi connectivity index (χ2v) is 4.08. The van der Waals surface area contributed by atoms with Crippen LogP contribution >= 0.6 is 0 Å². The van der Waals surface area contributed by atoms with Crippen LogP contribution < -0.4 is 5.32 Å². The number of rotatable bonds is 5. The zero-order valence-electron chi connectivity index (χ0n) is 11.1. The molecule has 0 aliphatic heterocycles. The highest BCUT2D eigenvalue weighted by Gasteiger charge is 2.23. The average Bonchev–Trinajstić information content (AvgIpc) is 2.43. The lowest BCUT2D eigenvalue weighted by Crippen LogP contribution is -2.31. The Balaban J connectivity index is 2.89. The molecular weight excluding hydrogens is 266 g/mol. The fourth-order valence-electron chi connectivity index (χ4n) is 1.55. The SMILES string of the molecule is CNC(=O)CCN(C)C(=O)c1cccc([N+](=O)[O-])c1O. The van der Waals surface area contributed by atoms with Gasteiger partial charge in [-0.2, -0.15) is 0 Å². The molecule has 2 amide bonds. The average molecular weight is 281 g/mol. The van der Waals surface area contributed by atoms with E-state index < -0.39 is 22.3 Å². The number of amides is 2. The monoisotopic (exact) mass is 281 g/mol. The first-order chi connectivity index (χ1) is 9.38. The summed E-state index contributed by atoms with van der Waals surface area (Å²) in [6.07, 6.45) is 0.106. The fraction of sp³-hybridized carbons (Fsp3) is 0.333. The van der Waals surface area contributed by atoms with Gasteiger partial charge in [-0.25, -0.2) is 0 Å². The minimum Gasteiger partial charge on any atom is -0.502 e. The predicted octanol–water partition coefficient (Wildman–Crippen LogP) is 0.508. The van der Waals surface area contributed by atoms with Crippen LogP contribution in [0.1, 0.15) is 16.8 Å². The largest absolute Gasteiger partial charge is 0.502 e. The van der Waals surface area contributed by atoms with Crippen molar-refractivity contribution in [3.8, 4) is 5.75 Å². The number of carbonyl (C=O) groups is 2. The standard InChI is InChI=1S/C12H15N3O5/c1-13-10(16)6-7-14(2)12(18)8-4-3-5-9(11(8)17)15(19)20/h3-5,17H,6-7H2,1-2H3,(H,13,16). The van der Waals surface area contributed by atoms with Gasteiger partial charge in [0.05, 0.1) is 10.5 Å². The smallest absolute Gasteiger partial charge is 0.311 e. The molecule has 0 bridgehead atoms. The van der Waals surface area contributed by atoms with Gasteiger partial charge < -0.3 is 15.3 Å². The molecule has 1 aromatic rings. The minimum absolute atomic E-state index is 0.106. The van der Waals surface area contributed by atoms with Crippen LogP contribution in [0.3, 0.4) is 0 Å². The van der Waals surface area contributed by atoms with Gasteiger partial charge in [0, 0.05) is 33.1 Å². The quantitative estimate of drug-likeness (QED) is 0.603. The van der Waals surface area contributed by atoms with Gasteiger partial charge in [-0.05, 0) is 6.07 Å². The molecule has 2 N–H and O–H groups in total. The molecule has 0 aromatic heterocycles. The Morgan fingerprint density at radius 2 is 2.10 bits per heavy atom. The maximum Gasteiger partial charge on any atom is 0.311 e. The summed E-state index contributed by atoms with van der Waals surface area (Å²) in [6, 6.07) is 3.72. The third-order valence-electron chi connectivity index (χ3n) is 2.74. The van der Waals surface area contributed by atoms with Crippen LogP contribution in [0.25, 0.3) is 0 Å². The van der Waals surface area contributed by atoms with Crippen molar-refractivity contribution in [3.05, 3.63) is 33.9 Å². The van der Waals surface area contributed by atoms with Crippen LogP contribution in [0.2, 0.25) is 0 Å². The van der Waals surface area contributed by atoms with Crippen LogP contribution in [0.15, 0.2) is 18.2 Å². The number of benzene rings is 1. The first-order valence-electron chi connectivity index (χ1n) is 5.81. The Hall–Kier alpha value is -2.64. The molecule has 0 aliphatic rings. The van der Waals surface area contributed by atoms with Crippen molar-refractivity contribution in [3.63, 3.8) is 0 Å². The molecule has 108 valence electrons. The molecule has 0 aliphatic carbocycles. The lowest BCUT2D eigenvalue weighted by atomic mass is 10.1. The Labute approximate surface area is 115 Å². The molecule has 0 radical (unpaired) electrons. The molecule has 0 atom stereocenters. The maximum atomic E-state index is 12.1. The molecule has 0 saturated carbocycles. The Morgan fingerprint density at radius 3 is 2.65 bits per heavy atom. The number of nitrogens with zero attached hydrogens (tertiary/aromatic N) is 2. The number of aromatic hydroxyl groups is 1. The van der Waals surface area contributed by atoms with E-state index in [1.807, 2.05) is 0 Å². The molecule has 0 saturated heterocycles. The van der Waals surface area contributed by atoms with E-state index in [-0.39, 0.29) is 24.4 Å². The third kappa shape index (κ3) is 3.44. The van der Waals surface area contributed by atoms with Crippen LogP contribution in [-0.4, -0.2) is 47.4 Å². The topological polar surface area (TPSA) is 113 Å². The van der Waals surface area contributed by atoms with Gasteiger partial charge >= 0.3 is 5.69 Å². The van der Waals surface area contributed by atoms with Crippen molar-refractivity contribution in [2.75, 3.05) is 20.6 Å². The second-order valence-electron chi connectivity index (χ2n) is 4.08. The van der Waals surface area contributed by atoms with Crippen molar-refractivity contribution in [2.45, 2.75) is 6.42 Å². The van der Waals surface area contributed by atoms with E-state index in [0.29, 0.717) is 0 Å². The van der Waals surface area contributed by atoms with E-state index in [1.54, 1.807) is 0 Å². The summed E-state index contributed by atoms with van der Waals surface area (Å²) in [5.41, 5.74) is -0.700. The number of nitrogens with one attached hydrogen (secondary N) is 1. The maximum absolute atomic E-state index is 12.1. The van der Waals surface area contributed by atoms with Crippen LogP contribution in [0, 0.1) is 10.1 Å². The van der Waals surface area contributed by atoms with E-state index >= 15 is 0 Å². The van der Waals surface area contributed by atoms with Crippen molar-refractivity contribution in [1.29, 1.82) is 0 Å². The first-order valence-corrected chi connectivity index (χ1v) is 5.81. The molecule has 1 rings (SSSR count). The van der Waals surface area contributed by atoms with Crippen LogP contribution in [0.5, 0.6) is 5.75 Å². The summed E-state index contributed by atoms with van der Waals surface area (Å²) in [7, 11) is 2.93. The van der Waals surface area contributed by atoms with Gasteiger partial charge in [0.1, 0.15) is 0 Å². The van der Waals surface area contributed by atoms with Crippen LogP contribution in [-0.2, 0) is 4.79 Å². The van der Waals surface area contributed by atoms with E-state index in [1.165, 1.54) is 31.1 Å². The summed E-state index contributed by atoms with van der Waals surface area (Å²) in [4.78, 5) is 34.3. The van der Waals surface area contributed by atoms with Gasteiger partial charge in [-0.3, -0.25) is 19.7 Å². The van der Waals surface area contributed by atoms with Crippen molar-refractivity contribution in [2.24, 2.45) is 0 Å². The lowest BCUT2D eigenvalue weighted by Gasteiger charge is -2.17. The highest BCUT2D eigenvalue weighted by atomic mass is 16.6. The zero-order valence-corrected chi connectivity index (χ0v) is 11.1. The molecule has 0 heterocycles. The minimum atomic E-state index is -0.767. The normalized spacial score (nSPS) is 9.90. The number of nitro groups is 1. The van der Waals surface area contributed by atoms with Crippen molar-refractivity contribution in [1.82, 2.24) is 10.2 Å². The van der Waals surface area contributed by atoms with Gasteiger partial charge in [0.2, 0.25) is 11.7 Å².